The number of hydrogen-bond acceptors (Lipinski definition) is 2. The number of carbonyl (C=O) groups excluding carboxylic acids is 1. The van der Waals surface area contributed by atoms with Crippen LogP contribution in [0.2, 0.25) is 0 Å². The van der Waals surface area contributed by atoms with E-state index in [0.29, 0.717) is 17.9 Å². The van der Waals surface area contributed by atoms with E-state index in [-0.39, 0.29) is 0 Å². The molecule has 0 aromatic rings. The molecule has 1 heterocycles. The molecule has 0 aromatic heterocycles. The summed E-state index contributed by atoms with van der Waals surface area (Å²) in [6.45, 7) is 3.29. The predicted molar refractivity (Wildman–Crippen MR) is 38.8 cm³/mol. The third-order valence-corrected chi connectivity index (χ3v) is 2.56. The van der Waals surface area contributed by atoms with E-state index in [1.54, 1.807) is 0 Å². The fourth-order valence-electron chi connectivity index (χ4n) is 2.06. The Morgan fingerprint density at radius 2 is 2.50 bits per heavy atom. The van der Waals surface area contributed by atoms with Gasteiger partial charge in [0.05, 0.1) is 6.04 Å². The largest absolute Gasteiger partial charge is 0.298 e. The highest BCUT2D eigenvalue weighted by Gasteiger charge is 2.55. The molecule has 1 aliphatic carbocycles. The number of fused-ring (bicyclic) bond motifs is 1. The smallest absolute Gasteiger partial charge is 0.151 e. The maximum atomic E-state index is 11.1. The van der Waals surface area contributed by atoms with Crippen LogP contribution in [0.25, 0.3) is 0 Å². The summed E-state index contributed by atoms with van der Waals surface area (Å²) in [5.74, 6) is 0.485. The lowest BCUT2D eigenvalue weighted by atomic mass is 10.3. The van der Waals surface area contributed by atoms with Gasteiger partial charge >= 0.3 is 0 Å². The predicted octanol–water partition coefficient (Wildman–Crippen LogP) is 0.812. The fraction of sp³-hybridized carbons (Fsp3) is 0.875. The molecule has 2 rings (SSSR count). The molecule has 0 spiro atoms. The van der Waals surface area contributed by atoms with Crippen LogP contribution < -0.4 is 0 Å². The lowest BCUT2D eigenvalue weighted by Crippen LogP contribution is -2.13. The molecule has 1 saturated carbocycles. The zero-order valence-corrected chi connectivity index (χ0v) is 6.34. The molecule has 0 radical (unpaired) electrons. The highest BCUT2D eigenvalue weighted by atomic mass is 16.1. The lowest BCUT2D eigenvalue weighted by Gasteiger charge is -2.02. The van der Waals surface area contributed by atoms with Crippen LogP contribution in [0, 0.1) is 0 Å². The molecule has 0 bridgehead atoms. The van der Waals surface area contributed by atoms with E-state index in [2.05, 4.69) is 11.8 Å². The second kappa shape index (κ2) is 2.06. The van der Waals surface area contributed by atoms with Crippen molar-refractivity contribution in [3.05, 3.63) is 0 Å². The van der Waals surface area contributed by atoms with E-state index >= 15 is 0 Å². The minimum atomic E-state index is 0.361. The number of likely N-dealkylation sites (tertiary alicyclic amines) is 1. The van der Waals surface area contributed by atoms with Crippen LogP contribution in [0.5, 0.6) is 0 Å². The van der Waals surface area contributed by atoms with Crippen molar-refractivity contribution >= 4 is 5.78 Å². The molecule has 1 saturated heterocycles. The summed E-state index contributed by atoms with van der Waals surface area (Å²) in [6.07, 6.45) is 3.15. The van der Waals surface area contributed by atoms with Crippen molar-refractivity contribution in [3.63, 3.8) is 0 Å². The summed E-state index contributed by atoms with van der Waals surface area (Å²) < 4.78 is 0. The summed E-state index contributed by atoms with van der Waals surface area (Å²) in [5.41, 5.74) is 0. The maximum absolute atomic E-state index is 11.1. The molecule has 3 unspecified atom stereocenters. The summed E-state index contributed by atoms with van der Waals surface area (Å²) in [6, 6.07) is 1.02. The van der Waals surface area contributed by atoms with Crippen LogP contribution in [0.1, 0.15) is 26.2 Å². The molecular formula is C8H13NO. The van der Waals surface area contributed by atoms with Gasteiger partial charge in [0.25, 0.3) is 0 Å². The van der Waals surface area contributed by atoms with Gasteiger partial charge in [0.1, 0.15) is 0 Å². The molecule has 2 aliphatic rings. The number of ketones is 1. The SMILES string of the molecule is CCCN1C2CCC(=O)C21. The Labute approximate surface area is 61.2 Å². The standard InChI is InChI=1S/C8H13NO/c1-2-5-9-6-3-4-7(10)8(6)9/h6,8H,2-5H2,1H3. The van der Waals surface area contributed by atoms with E-state index in [0.717, 1.165) is 19.4 Å². The maximum Gasteiger partial charge on any atom is 0.151 e. The van der Waals surface area contributed by atoms with Gasteiger partial charge in [-0.2, -0.15) is 0 Å². The van der Waals surface area contributed by atoms with E-state index in [4.69, 9.17) is 0 Å². The first-order chi connectivity index (χ1) is 4.84. The van der Waals surface area contributed by atoms with Crippen molar-refractivity contribution in [1.82, 2.24) is 4.90 Å². The van der Waals surface area contributed by atoms with E-state index in [9.17, 15) is 4.79 Å². The minimum Gasteiger partial charge on any atom is -0.298 e. The monoisotopic (exact) mass is 139 g/mol. The first kappa shape index (κ1) is 6.35. The normalized spacial score (nSPS) is 43.7. The Bertz CT molecular complexity index is 167. The van der Waals surface area contributed by atoms with Gasteiger partial charge in [0.2, 0.25) is 0 Å². The highest BCUT2D eigenvalue weighted by Crippen LogP contribution is 2.39. The lowest BCUT2D eigenvalue weighted by molar-refractivity contribution is -0.118. The van der Waals surface area contributed by atoms with Gasteiger partial charge in [0.15, 0.2) is 5.78 Å². The Morgan fingerprint density at radius 1 is 1.70 bits per heavy atom. The van der Waals surface area contributed by atoms with E-state index < -0.39 is 0 Å². The van der Waals surface area contributed by atoms with E-state index in [1.165, 1.54) is 6.42 Å². The molecule has 1 aliphatic heterocycles. The van der Waals surface area contributed by atoms with Crippen LogP contribution in [-0.4, -0.2) is 29.3 Å². The topological polar surface area (TPSA) is 20.1 Å². The Kier molecular flexibility index (Phi) is 1.31. The van der Waals surface area contributed by atoms with Gasteiger partial charge in [0, 0.05) is 12.5 Å². The van der Waals surface area contributed by atoms with Crippen molar-refractivity contribution in [3.8, 4) is 0 Å². The van der Waals surface area contributed by atoms with Gasteiger partial charge in [-0.1, -0.05) is 6.92 Å². The number of hydrogen-bond donors (Lipinski definition) is 0. The Morgan fingerprint density at radius 3 is 3.00 bits per heavy atom. The van der Waals surface area contributed by atoms with Crippen LogP contribution in [0.15, 0.2) is 0 Å². The number of rotatable bonds is 2. The number of nitrogens with zero attached hydrogens (tertiary/aromatic N) is 1. The van der Waals surface area contributed by atoms with Crippen LogP contribution in [-0.2, 0) is 4.79 Å². The Hall–Kier alpha value is -0.370. The van der Waals surface area contributed by atoms with Crippen molar-refractivity contribution in [2.24, 2.45) is 0 Å². The molecule has 56 valence electrons. The number of Topliss-reactive ketones (excluding diaryl/α,β-unsaturated/α-hetero) is 1. The molecule has 2 heteroatoms. The van der Waals surface area contributed by atoms with Crippen molar-refractivity contribution in [2.45, 2.75) is 38.3 Å². The summed E-state index contributed by atoms with van der Waals surface area (Å²) >= 11 is 0. The third-order valence-electron chi connectivity index (χ3n) is 2.56. The summed E-state index contributed by atoms with van der Waals surface area (Å²) in [5, 5.41) is 0. The van der Waals surface area contributed by atoms with Gasteiger partial charge in [-0.25, -0.2) is 0 Å². The number of piperidine rings is 1. The zero-order chi connectivity index (χ0) is 7.14. The molecule has 3 atom stereocenters. The van der Waals surface area contributed by atoms with E-state index in [1.807, 2.05) is 0 Å². The van der Waals surface area contributed by atoms with Gasteiger partial charge in [-0.3, -0.25) is 9.69 Å². The summed E-state index contributed by atoms with van der Waals surface area (Å²) in [4.78, 5) is 13.4. The van der Waals surface area contributed by atoms with Gasteiger partial charge < -0.3 is 0 Å². The average molecular weight is 139 g/mol. The molecule has 0 amide bonds. The van der Waals surface area contributed by atoms with Crippen molar-refractivity contribution < 1.29 is 4.79 Å². The minimum absolute atomic E-state index is 0.361. The second-order valence-electron chi connectivity index (χ2n) is 3.25. The second-order valence-corrected chi connectivity index (χ2v) is 3.25. The van der Waals surface area contributed by atoms with Gasteiger partial charge in [-0.05, 0) is 19.4 Å². The third kappa shape index (κ3) is 0.717. The molecule has 0 aromatic carbocycles. The van der Waals surface area contributed by atoms with Crippen LogP contribution in [0.3, 0.4) is 0 Å². The van der Waals surface area contributed by atoms with Crippen LogP contribution >= 0.6 is 0 Å². The van der Waals surface area contributed by atoms with Crippen molar-refractivity contribution in [2.75, 3.05) is 6.54 Å². The molecule has 2 fully saturated rings. The fourth-order valence-corrected chi connectivity index (χ4v) is 2.06. The average Bonchev–Trinajstić information content (AvgIpc) is 2.45. The Balaban J connectivity index is 1.92. The zero-order valence-electron chi connectivity index (χ0n) is 6.34. The molecular weight excluding hydrogens is 126 g/mol. The molecule has 2 nitrogen and oxygen atoms in total. The van der Waals surface area contributed by atoms with Gasteiger partial charge in [-0.15, -0.1) is 0 Å². The highest BCUT2D eigenvalue weighted by molar-refractivity contribution is 5.90. The molecule has 0 N–H and O–H groups in total. The first-order valence-electron chi connectivity index (χ1n) is 4.13. The quantitative estimate of drug-likeness (QED) is 0.528. The first-order valence-corrected chi connectivity index (χ1v) is 4.13. The number of carbonyl (C=O) groups is 1. The summed E-state index contributed by atoms with van der Waals surface area (Å²) in [7, 11) is 0. The molecule has 10 heavy (non-hydrogen) atoms. The van der Waals surface area contributed by atoms with Crippen molar-refractivity contribution in [1.29, 1.82) is 0 Å². The van der Waals surface area contributed by atoms with Crippen LogP contribution in [0.4, 0.5) is 0 Å².